The van der Waals surface area contributed by atoms with Crippen LogP contribution in [0.15, 0.2) is 24.3 Å². The Morgan fingerprint density at radius 1 is 1.29 bits per heavy atom. The molecule has 0 aromatic heterocycles. The van der Waals surface area contributed by atoms with Gasteiger partial charge in [-0.25, -0.2) is 0 Å². The number of benzene rings is 1. The maximum Gasteiger partial charge on any atom is 0.253 e. The molecule has 116 valence electrons. The smallest absolute Gasteiger partial charge is 0.253 e. The summed E-state index contributed by atoms with van der Waals surface area (Å²) in [5.41, 5.74) is 1.93. The van der Waals surface area contributed by atoms with Gasteiger partial charge in [0.25, 0.3) is 5.91 Å². The molecule has 1 amide bonds. The van der Waals surface area contributed by atoms with Crippen molar-refractivity contribution in [1.82, 2.24) is 9.80 Å². The molecular formula is C18H28N2O. The lowest BCUT2D eigenvalue weighted by molar-refractivity contribution is 0.0641. The average molecular weight is 288 g/mol. The lowest BCUT2D eigenvalue weighted by atomic mass is 10.0. The maximum absolute atomic E-state index is 12.7. The molecule has 1 aliphatic rings. The van der Waals surface area contributed by atoms with Crippen LogP contribution >= 0.6 is 0 Å². The normalized spacial score (nSPS) is 17.2. The van der Waals surface area contributed by atoms with E-state index in [-0.39, 0.29) is 11.9 Å². The van der Waals surface area contributed by atoms with Gasteiger partial charge in [-0.05, 0) is 50.9 Å². The van der Waals surface area contributed by atoms with Crippen molar-refractivity contribution < 1.29 is 4.79 Å². The van der Waals surface area contributed by atoms with Crippen LogP contribution in [0.1, 0.15) is 42.6 Å². The van der Waals surface area contributed by atoms with E-state index in [2.05, 4.69) is 18.7 Å². The summed E-state index contributed by atoms with van der Waals surface area (Å²) in [6, 6.07) is 8.16. The quantitative estimate of drug-likeness (QED) is 0.831. The molecule has 0 spiro atoms. The van der Waals surface area contributed by atoms with E-state index >= 15 is 0 Å². The molecule has 1 atom stereocenters. The number of carbonyl (C=O) groups is 1. The maximum atomic E-state index is 12.7. The molecule has 1 aromatic rings. The third kappa shape index (κ3) is 4.07. The Hall–Kier alpha value is -1.35. The van der Waals surface area contributed by atoms with Crippen molar-refractivity contribution >= 4 is 5.91 Å². The second-order valence-corrected chi connectivity index (χ2v) is 6.60. The van der Waals surface area contributed by atoms with Crippen molar-refractivity contribution in [2.75, 3.05) is 26.7 Å². The van der Waals surface area contributed by atoms with Crippen LogP contribution in [0, 0.1) is 12.8 Å². The fraction of sp³-hybridized carbons (Fsp3) is 0.611. The summed E-state index contributed by atoms with van der Waals surface area (Å²) in [5, 5.41) is 0. The van der Waals surface area contributed by atoms with Crippen LogP contribution in [0.3, 0.4) is 0 Å². The number of nitrogens with zero attached hydrogens (tertiary/aromatic N) is 2. The number of carbonyl (C=O) groups excluding carboxylic acids is 1. The van der Waals surface area contributed by atoms with E-state index in [1.54, 1.807) is 0 Å². The van der Waals surface area contributed by atoms with E-state index < -0.39 is 0 Å². The Morgan fingerprint density at radius 3 is 2.52 bits per heavy atom. The average Bonchev–Trinajstić information content (AvgIpc) is 2.96. The summed E-state index contributed by atoms with van der Waals surface area (Å²) in [6.45, 7) is 9.79. The number of rotatable bonds is 5. The number of hydrogen-bond acceptors (Lipinski definition) is 2. The Morgan fingerprint density at radius 2 is 1.95 bits per heavy atom. The van der Waals surface area contributed by atoms with Crippen LogP contribution < -0.4 is 0 Å². The highest BCUT2D eigenvalue weighted by molar-refractivity contribution is 5.94. The highest BCUT2D eigenvalue weighted by atomic mass is 16.2. The van der Waals surface area contributed by atoms with Gasteiger partial charge in [0, 0.05) is 25.2 Å². The van der Waals surface area contributed by atoms with E-state index in [1.165, 1.54) is 25.9 Å². The van der Waals surface area contributed by atoms with Crippen molar-refractivity contribution in [3.8, 4) is 0 Å². The van der Waals surface area contributed by atoms with E-state index in [4.69, 9.17) is 0 Å². The van der Waals surface area contributed by atoms with Gasteiger partial charge in [-0.1, -0.05) is 31.5 Å². The molecule has 2 rings (SSSR count). The summed E-state index contributed by atoms with van der Waals surface area (Å²) in [7, 11) is 1.95. The zero-order valence-corrected chi connectivity index (χ0v) is 13.8. The van der Waals surface area contributed by atoms with Crippen LogP contribution in [0.25, 0.3) is 0 Å². The first-order valence-electron chi connectivity index (χ1n) is 8.05. The predicted octanol–water partition coefficient (Wildman–Crippen LogP) is 3.19. The molecule has 3 heteroatoms. The second-order valence-electron chi connectivity index (χ2n) is 6.60. The Kier molecular flexibility index (Phi) is 5.40. The lowest BCUT2D eigenvalue weighted by Gasteiger charge is -2.34. The van der Waals surface area contributed by atoms with Gasteiger partial charge in [0.1, 0.15) is 0 Å². The number of aryl methyl sites for hydroxylation is 1. The van der Waals surface area contributed by atoms with Gasteiger partial charge in [0.15, 0.2) is 0 Å². The molecule has 1 heterocycles. The van der Waals surface area contributed by atoms with Gasteiger partial charge >= 0.3 is 0 Å². The summed E-state index contributed by atoms with van der Waals surface area (Å²) < 4.78 is 0. The minimum Gasteiger partial charge on any atom is -0.337 e. The standard InChI is InChI=1S/C18H28N2O/c1-14(2)17(13-20-10-5-6-11-20)19(4)18(21)16-9-7-8-15(3)12-16/h7-9,12,14,17H,5-6,10-11,13H2,1-4H3. The molecule has 1 saturated heterocycles. The van der Waals surface area contributed by atoms with Gasteiger partial charge in [-0.3, -0.25) is 4.79 Å². The number of likely N-dealkylation sites (N-methyl/N-ethyl adjacent to an activating group) is 1. The minimum absolute atomic E-state index is 0.136. The van der Waals surface area contributed by atoms with Crippen molar-refractivity contribution in [2.24, 2.45) is 5.92 Å². The molecule has 1 aromatic carbocycles. The van der Waals surface area contributed by atoms with Gasteiger partial charge in [-0.2, -0.15) is 0 Å². The number of amides is 1. The summed E-state index contributed by atoms with van der Waals surface area (Å²) >= 11 is 0. The summed E-state index contributed by atoms with van der Waals surface area (Å²) in [6.07, 6.45) is 2.58. The minimum atomic E-state index is 0.136. The van der Waals surface area contributed by atoms with Crippen LogP contribution in [-0.4, -0.2) is 48.4 Å². The first-order valence-corrected chi connectivity index (χ1v) is 8.05. The Balaban J connectivity index is 2.09. The van der Waals surface area contributed by atoms with Crippen LogP contribution in [0.5, 0.6) is 0 Å². The fourth-order valence-electron chi connectivity index (χ4n) is 3.14. The van der Waals surface area contributed by atoms with Gasteiger partial charge in [0.05, 0.1) is 0 Å². The van der Waals surface area contributed by atoms with Gasteiger partial charge in [0.2, 0.25) is 0 Å². The molecule has 21 heavy (non-hydrogen) atoms. The topological polar surface area (TPSA) is 23.6 Å². The molecule has 3 nitrogen and oxygen atoms in total. The molecule has 0 bridgehead atoms. The third-order valence-corrected chi connectivity index (χ3v) is 4.50. The van der Waals surface area contributed by atoms with Crippen LogP contribution in [0.4, 0.5) is 0 Å². The van der Waals surface area contributed by atoms with Crippen molar-refractivity contribution in [1.29, 1.82) is 0 Å². The van der Waals surface area contributed by atoms with E-state index in [0.29, 0.717) is 5.92 Å². The van der Waals surface area contributed by atoms with Crippen LogP contribution in [0.2, 0.25) is 0 Å². The van der Waals surface area contributed by atoms with Gasteiger partial charge < -0.3 is 9.80 Å². The third-order valence-electron chi connectivity index (χ3n) is 4.50. The lowest BCUT2D eigenvalue weighted by Crippen LogP contribution is -2.47. The zero-order chi connectivity index (χ0) is 15.4. The van der Waals surface area contributed by atoms with Crippen molar-refractivity contribution in [2.45, 2.75) is 39.7 Å². The van der Waals surface area contributed by atoms with E-state index in [9.17, 15) is 4.79 Å². The predicted molar refractivity (Wildman–Crippen MR) is 87.6 cm³/mol. The molecule has 0 aliphatic carbocycles. The highest BCUT2D eigenvalue weighted by Crippen LogP contribution is 2.18. The Labute approximate surface area is 128 Å². The van der Waals surface area contributed by atoms with Crippen molar-refractivity contribution in [3.05, 3.63) is 35.4 Å². The summed E-state index contributed by atoms with van der Waals surface area (Å²) in [4.78, 5) is 17.2. The number of likely N-dealkylation sites (tertiary alicyclic amines) is 1. The Bertz CT molecular complexity index is 478. The van der Waals surface area contributed by atoms with E-state index in [1.807, 2.05) is 43.1 Å². The SMILES string of the molecule is Cc1cccc(C(=O)N(C)C(CN2CCCC2)C(C)C)c1. The molecule has 0 N–H and O–H groups in total. The zero-order valence-electron chi connectivity index (χ0n) is 13.8. The first-order chi connectivity index (χ1) is 9.99. The van der Waals surface area contributed by atoms with Crippen molar-refractivity contribution in [3.63, 3.8) is 0 Å². The largest absolute Gasteiger partial charge is 0.337 e. The van der Waals surface area contributed by atoms with Crippen LogP contribution in [-0.2, 0) is 0 Å². The monoisotopic (exact) mass is 288 g/mol. The molecule has 0 saturated carbocycles. The fourth-order valence-corrected chi connectivity index (χ4v) is 3.14. The molecule has 1 aliphatic heterocycles. The highest BCUT2D eigenvalue weighted by Gasteiger charge is 2.27. The second kappa shape index (κ2) is 7.08. The number of hydrogen-bond donors (Lipinski definition) is 0. The molecule has 1 fully saturated rings. The summed E-state index contributed by atoms with van der Waals surface area (Å²) in [5.74, 6) is 0.598. The first kappa shape index (κ1) is 16.0. The molecule has 1 unspecified atom stereocenters. The van der Waals surface area contributed by atoms with E-state index in [0.717, 1.165) is 17.7 Å². The molecular weight excluding hydrogens is 260 g/mol. The molecule has 0 radical (unpaired) electrons. The van der Waals surface area contributed by atoms with Gasteiger partial charge in [-0.15, -0.1) is 0 Å².